The Morgan fingerprint density at radius 3 is 2.38 bits per heavy atom. The van der Waals surface area contributed by atoms with Gasteiger partial charge in [-0.1, -0.05) is 27.7 Å². The Labute approximate surface area is 125 Å². The van der Waals surface area contributed by atoms with E-state index in [0.717, 1.165) is 12.1 Å². The van der Waals surface area contributed by atoms with E-state index >= 15 is 0 Å². The van der Waals surface area contributed by atoms with E-state index in [0.29, 0.717) is 13.0 Å². The van der Waals surface area contributed by atoms with Crippen molar-refractivity contribution in [3.8, 4) is 0 Å². The van der Waals surface area contributed by atoms with Crippen LogP contribution in [0.25, 0.3) is 0 Å². The van der Waals surface area contributed by atoms with Gasteiger partial charge in [-0.2, -0.15) is 0 Å². The van der Waals surface area contributed by atoms with Crippen molar-refractivity contribution in [3.05, 3.63) is 16.0 Å². The van der Waals surface area contributed by atoms with Gasteiger partial charge in [0.05, 0.1) is 23.2 Å². The Hall–Kier alpha value is -1.24. The summed E-state index contributed by atoms with van der Waals surface area (Å²) in [5, 5.41) is 0. The molecule has 2 rings (SSSR count). The molecular weight excluding hydrogens is 290 g/mol. The minimum absolute atomic E-state index is 0.0314. The van der Waals surface area contributed by atoms with Crippen LogP contribution in [0.5, 0.6) is 0 Å². The zero-order valence-corrected chi connectivity index (χ0v) is 14.0. The van der Waals surface area contributed by atoms with Crippen LogP contribution in [0, 0.1) is 0 Å². The molecule has 6 nitrogen and oxygen atoms in total. The number of anilines is 1. The number of aromatic nitrogens is 2. The van der Waals surface area contributed by atoms with Crippen molar-refractivity contribution in [1.29, 1.82) is 0 Å². The fourth-order valence-corrected chi connectivity index (χ4v) is 4.83. The minimum atomic E-state index is -3.05. The van der Waals surface area contributed by atoms with Crippen LogP contribution in [0.4, 0.5) is 5.69 Å². The van der Waals surface area contributed by atoms with Crippen LogP contribution in [-0.4, -0.2) is 29.3 Å². The highest BCUT2D eigenvalue weighted by molar-refractivity contribution is 7.91. The first kappa shape index (κ1) is 16.1. The largest absolute Gasteiger partial charge is 0.393 e. The van der Waals surface area contributed by atoms with Gasteiger partial charge in [0.15, 0.2) is 9.84 Å². The molecule has 1 atom stereocenters. The lowest BCUT2D eigenvalue weighted by atomic mass is 9.91. The van der Waals surface area contributed by atoms with Crippen molar-refractivity contribution < 1.29 is 8.42 Å². The highest BCUT2D eigenvalue weighted by Crippen LogP contribution is 2.30. The van der Waals surface area contributed by atoms with E-state index in [1.807, 2.05) is 32.4 Å². The highest BCUT2D eigenvalue weighted by atomic mass is 32.2. The van der Waals surface area contributed by atoms with Gasteiger partial charge >= 0.3 is 0 Å². The molecule has 21 heavy (non-hydrogen) atoms. The third-order valence-electron chi connectivity index (χ3n) is 3.91. The second kappa shape index (κ2) is 5.19. The number of nitrogens with zero attached hydrogens (tertiary/aromatic N) is 2. The van der Waals surface area contributed by atoms with Crippen LogP contribution in [0.2, 0.25) is 0 Å². The second-order valence-electron chi connectivity index (χ2n) is 6.84. The van der Waals surface area contributed by atoms with Crippen molar-refractivity contribution in [3.63, 3.8) is 0 Å². The van der Waals surface area contributed by atoms with Crippen molar-refractivity contribution in [2.24, 2.45) is 0 Å². The standard InChI is InChI=1S/C14H25N3O3S/c1-5-7-16-12(14(2,3)4)11(15)13(18)17(16)10-6-8-21(19,20)9-10/h10H,5-9,15H2,1-4H3. The molecule has 1 saturated heterocycles. The van der Waals surface area contributed by atoms with E-state index in [1.54, 1.807) is 4.68 Å². The van der Waals surface area contributed by atoms with Crippen molar-refractivity contribution in [2.45, 2.75) is 58.5 Å². The fourth-order valence-electron chi connectivity index (χ4n) is 3.13. The smallest absolute Gasteiger partial charge is 0.290 e. The van der Waals surface area contributed by atoms with Gasteiger partial charge in [0.1, 0.15) is 5.69 Å². The van der Waals surface area contributed by atoms with E-state index in [9.17, 15) is 13.2 Å². The van der Waals surface area contributed by atoms with Gasteiger partial charge in [-0.25, -0.2) is 13.1 Å². The van der Waals surface area contributed by atoms with Crippen molar-refractivity contribution in [2.75, 3.05) is 17.2 Å². The summed E-state index contributed by atoms with van der Waals surface area (Å²) in [7, 11) is -3.05. The van der Waals surface area contributed by atoms with E-state index in [-0.39, 0.29) is 34.2 Å². The van der Waals surface area contributed by atoms with Crippen LogP contribution in [-0.2, 0) is 21.8 Å². The van der Waals surface area contributed by atoms with E-state index in [4.69, 9.17) is 5.73 Å². The molecule has 0 aliphatic carbocycles. The average Bonchev–Trinajstić information content (AvgIpc) is 2.78. The molecule has 1 unspecified atom stereocenters. The van der Waals surface area contributed by atoms with Crippen molar-refractivity contribution >= 4 is 15.5 Å². The molecule has 2 heterocycles. The number of sulfone groups is 1. The summed E-state index contributed by atoms with van der Waals surface area (Å²) in [6, 6.07) is -0.299. The molecule has 0 bridgehead atoms. The lowest BCUT2D eigenvalue weighted by molar-refractivity contribution is 0.354. The van der Waals surface area contributed by atoms with Crippen LogP contribution < -0.4 is 11.3 Å². The Morgan fingerprint density at radius 2 is 1.95 bits per heavy atom. The molecule has 1 aromatic heterocycles. The van der Waals surface area contributed by atoms with Crippen LogP contribution in [0.3, 0.4) is 0 Å². The van der Waals surface area contributed by atoms with Gasteiger partial charge in [0.2, 0.25) is 0 Å². The Morgan fingerprint density at radius 1 is 1.33 bits per heavy atom. The summed E-state index contributed by atoms with van der Waals surface area (Å²) in [6.45, 7) is 8.73. The van der Waals surface area contributed by atoms with Gasteiger partial charge in [-0.15, -0.1) is 0 Å². The fraction of sp³-hybridized carbons (Fsp3) is 0.786. The first-order valence-electron chi connectivity index (χ1n) is 7.40. The first-order valence-corrected chi connectivity index (χ1v) is 9.22. The maximum atomic E-state index is 12.6. The molecule has 0 aromatic carbocycles. The molecule has 2 N–H and O–H groups in total. The lowest BCUT2D eigenvalue weighted by Gasteiger charge is -2.25. The third kappa shape index (κ3) is 2.88. The van der Waals surface area contributed by atoms with Crippen molar-refractivity contribution in [1.82, 2.24) is 9.36 Å². The summed E-state index contributed by atoms with van der Waals surface area (Å²) in [5.74, 6) is 0.176. The lowest BCUT2D eigenvalue weighted by Crippen LogP contribution is -2.30. The molecule has 120 valence electrons. The van der Waals surface area contributed by atoms with E-state index < -0.39 is 9.84 Å². The molecule has 1 aliphatic heterocycles. The van der Waals surface area contributed by atoms with Gasteiger partial charge in [-0.3, -0.25) is 9.48 Å². The molecular formula is C14H25N3O3S. The first-order chi connectivity index (χ1) is 9.58. The molecule has 0 spiro atoms. The molecule has 0 saturated carbocycles. The molecule has 1 aliphatic rings. The normalized spacial score (nSPS) is 21.8. The highest BCUT2D eigenvalue weighted by Gasteiger charge is 2.35. The van der Waals surface area contributed by atoms with Gasteiger partial charge in [0.25, 0.3) is 5.56 Å². The molecule has 7 heteroatoms. The number of nitrogens with two attached hydrogens (primary N) is 1. The van der Waals surface area contributed by atoms with E-state index in [1.165, 1.54) is 0 Å². The minimum Gasteiger partial charge on any atom is -0.393 e. The summed E-state index contributed by atoms with van der Waals surface area (Å²) in [6.07, 6.45) is 1.34. The maximum absolute atomic E-state index is 12.6. The SMILES string of the molecule is CCCn1c(C(C)(C)C)c(N)c(=O)n1C1CCS(=O)(=O)C1. The zero-order chi connectivity index (χ0) is 16.0. The van der Waals surface area contributed by atoms with Gasteiger partial charge in [0, 0.05) is 12.0 Å². The number of nitrogen functional groups attached to an aromatic ring is 1. The van der Waals surface area contributed by atoms with Crippen LogP contribution in [0.15, 0.2) is 4.79 Å². The number of hydrogen-bond donors (Lipinski definition) is 1. The molecule has 0 amide bonds. The van der Waals surface area contributed by atoms with E-state index in [2.05, 4.69) is 0 Å². The van der Waals surface area contributed by atoms with Gasteiger partial charge in [-0.05, 0) is 12.8 Å². The average molecular weight is 315 g/mol. The van der Waals surface area contributed by atoms with Crippen LogP contribution in [0.1, 0.15) is 52.3 Å². The maximum Gasteiger partial charge on any atom is 0.290 e. The topological polar surface area (TPSA) is 87.1 Å². The molecule has 1 aromatic rings. The molecule has 0 radical (unpaired) electrons. The zero-order valence-electron chi connectivity index (χ0n) is 13.2. The van der Waals surface area contributed by atoms with Crippen LogP contribution >= 0.6 is 0 Å². The monoisotopic (exact) mass is 315 g/mol. The third-order valence-corrected chi connectivity index (χ3v) is 5.66. The Balaban J connectivity index is 2.64. The second-order valence-corrected chi connectivity index (χ2v) is 9.07. The Bertz CT molecular complexity index is 692. The quantitative estimate of drug-likeness (QED) is 0.910. The predicted molar refractivity (Wildman–Crippen MR) is 84.4 cm³/mol. The summed E-state index contributed by atoms with van der Waals surface area (Å²) < 4.78 is 26.9. The summed E-state index contributed by atoms with van der Waals surface area (Å²) in [5.41, 5.74) is 6.59. The number of rotatable bonds is 3. The number of hydrogen-bond acceptors (Lipinski definition) is 4. The summed E-state index contributed by atoms with van der Waals surface area (Å²) in [4.78, 5) is 12.6. The van der Waals surface area contributed by atoms with Gasteiger partial charge < -0.3 is 5.73 Å². The predicted octanol–water partition coefficient (Wildman–Crippen LogP) is 1.30. The molecule has 1 fully saturated rings. The summed E-state index contributed by atoms with van der Waals surface area (Å²) >= 11 is 0. The Kier molecular flexibility index (Phi) is 3.99.